The Morgan fingerprint density at radius 3 is 2.79 bits per heavy atom. The van der Waals surface area contributed by atoms with Crippen LogP contribution in [0.4, 0.5) is 4.79 Å². The molecule has 0 aromatic heterocycles. The third-order valence-corrected chi connectivity index (χ3v) is 1.93. The largest absolute Gasteiger partial charge is 0.447 e. The lowest BCUT2D eigenvalue weighted by Crippen LogP contribution is -2.33. The molecule has 0 bridgehead atoms. The van der Waals surface area contributed by atoms with Crippen LogP contribution in [0.2, 0.25) is 0 Å². The number of aliphatic hydroxyl groups is 1. The first-order valence-electron chi connectivity index (χ1n) is 5.24. The number of hydrogen-bond acceptors (Lipinski definition) is 3. The summed E-state index contributed by atoms with van der Waals surface area (Å²) in [5.41, 5.74) is 0. The average Bonchev–Trinajstić information content (AvgIpc) is 2.15. The minimum Gasteiger partial charge on any atom is -0.447 e. The van der Waals surface area contributed by atoms with Crippen LogP contribution in [0, 0.1) is 0 Å². The Hall–Kier alpha value is -0.770. The number of carbonyl (C=O) groups is 1. The summed E-state index contributed by atoms with van der Waals surface area (Å²) >= 11 is 0. The molecule has 0 spiro atoms. The first kappa shape index (κ1) is 13.2. The zero-order valence-corrected chi connectivity index (χ0v) is 9.08. The number of amides is 1. The zero-order valence-electron chi connectivity index (χ0n) is 9.08. The molecule has 0 radical (unpaired) electrons. The molecule has 0 saturated heterocycles. The van der Waals surface area contributed by atoms with Gasteiger partial charge in [-0.2, -0.15) is 0 Å². The van der Waals surface area contributed by atoms with Crippen LogP contribution in [0.15, 0.2) is 0 Å². The molecule has 0 aliphatic heterocycles. The smallest absolute Gasteiger partial charge is 0.407 e. The molecule has 0 aliphatic rings. The Balaban J connectivity index is 3.40. The van der Waals surface area contributed by atoms with E-state index in [2.05, 4.69) is 17.0 Å². The number of rotatable bonds is 7. The summed E-state index contributed by atoms with van der Waals surface area (Å²) in [6.45, 7) is 4.04. The van der Waals surface area contributed by atoms with E-state index in [1.807, 2.05) is 6.92 Å². The second-order valence-electron chi connectivity index (χ2n) is 3.40. The van der Waals surface area contributed by atoms with Crippen molar-refractivity contribution in [2.24, 2.45) is 0 Å². The molecule has 0 saturated carbocycles. The molecule has 0 aromatic carbocycles. The van der Waals surface area contributed by atoms with Gasteiger partial charge in [0.2, 0.25) is 0 Å². The third kappa shape index (κ3) is 7.86. The minimum absolute atomic E-state index is 0.0630. The first-order chi connectivity index (χ1) is 6.70. The quantitative estimate of drug-likeness (QED) is 0.619. The van der Waals surface area contributed by atoms with E-state index in [4.69, 9.17) is 5.11 Å². The van der Waals surface area contributed by atoms with Crippen molar-refractivity contribution in [3.63, 3.8) is 0 Å². The van der Waals surface area contributed by atoms with Gasteiger partial charge in [-0.05, 0) is 13.3 Å². The fourth-order valence-electron chi connectivity index (χ4n) is 1.15. The maximum Gasteiger partial charge on any atom is 0.407 e. The molecule has 84 valence electrons. The standard InChI is InChI=1S/C10H21NO3/c1-3-4-5-6-9(2)11-10(13)14-8-7-12/h9,12H,3-8H2,1-2H3,(H,11,13). The van der Waals surface area contributed by atoms with Gasteiger partial charge < -0.3 is 15.2 Å². The number of alkyl carbamates (subject to hydrolysis) is 1. The number of nitrogens with one attached hydrogen (secondary N) is 1. The third-order valence-electron chi connectivity index (χ3n) is 1.93. The molecule has 1 amide bonds. The van der Waals surface area contributed by atoms with Crippen molar-refractivity contribution < 1.29 is 14.6 Å². The van der Waals surface area contributed by atoms with E-state index < -0.39 is 6.09 Å². The van der Waals surface area contributed by atoms with Gasteiger partial charge in [0.05, 0.1) is 6.61 Å². The first-order valence-corrected chi connectivity index (χ1v) is 5.24. The molecule has 0 aromatic rings. The predicted molar refractivity (Wildman–Crippen MR) is 55.2 cm³/mol. The van der Waals surface area contributed by atoms with E-state index in [1.165, 1.54) is 12.8 Å². The Morgan fingerprint density at radius 1 is 1.50 bits per heavy atom. The SMILES string of the molecule is CCCCCC(C)NC(=O)OCCO. The van der Waals surface area contributed by atoms with E-state index >= 15 is 0 Å². The maximum absolute atomic E-state index is 11.0. The Kier molecular flexibility index (Phi) is 8.33. The lowest BCUT2D eigenvalue weighted by atomic mass is 10.1. The number of unbranched alkanes of at least 4 members (excludes halogenated alkanes) is 2. The van der Waals surface area contributed by atoms with E-state index in [0.29, 0.717) is 0 Å². The van der Waals surface area contributed by atoms with Gasteiger partial charge in [0.1, 0.15) is 6.61 Å². The van der Waals surface area contributed by atoms with Crippen LogP contribution in [-0.4, -0.2) is 30.5 Å². The van der Waals surface area contributed by atoms with Gasteiger partial charge in [-0.15, -0.1) is 0 Å². The summed E-state index contributed by atoms with van der Waals surface area (Å²) in [4.78, 5) is 11.0. The van der Waals surface area contributed by atoms with E-state index in [0.717, 1.165) is 12.8 Å². The van der Waals surface area contributed by atoms with Crippen molar-refractivity contribution in [3.05, 3.63) is 0 Å². The Bertz CT molecular complexity index is 150. The summed E-state index contributed by atoms with van der Waals surface area (Å²) in [6, 6.07) is 0.146. The number of aliphatic hydroxyl groups excluding tert-OH is 1. The van der Waals surface area contributed by atoms with Crippen molar-refractivity contribution in [1.29, 1.82) is 0 Å². The molecule has 0 fully saturated rings. The van der Waals surface area contributed by atoms with Crippen molar-refractivity contribution in [2.75, 3.05) is 13.2 Å². The van der Waals surface area contributed by atoms with Gasteiger partial charge in [0, 0.05) is 6.04 Å². The fourth-order valence-corrected chi connectivity index (χ4v) is 1.15. The molecule has 14 heavy (non-hydrogen) atoms. The van der Waals surface area contributed by atoms with E-state index in [-0.39, 0.29) is 19.3 Å². The van der Waals surface area contributed by atoms with Crippen LogP contribution >= 0.6 is 0 Å². The Labute approximate surface area is 85.6 Å². The van der Waals surface area contributed by atoms with Gasteiger partial charge in [0.15, 0.2) is 0 Å². The zero-order chi connectivity index (χ0) is 10.8. The van der Waals surface area contributed by atoms with Crippen molar-refractivity contribution in [1.82, 2.24) is 5.32 Å². The van der Waals surface area contributed by atoms with Crippen LogP contribution in [0.3, 0.4) is 0 Å². The molecule has 2 N–H and O–H groups in total. The maximum atomic E-state index is 11.0. The molecule has 0 rings (SSSR count). The van der Waals surface area contributed by atoms with Gasteiger partial charge >= 0.3 is 6.09 Å². The number of hydrogen-bond donors (Lipinski definition) is 2. The highest BCUT2D eigenvalue weighted by Gasteiger charge is 2.06. The number of carbonyl (C=O) groups excluding carboxylic acids is 1. The predicted octanol–water partition coefficient (Wildman–Crippen LogP) is 1.67. The van der Waals surface area contributed by atoms with Crippen LogP contribution in [0.1, 0.15) is 39.5 Å². The lowest BCUT2D eigenvalue weighted by Gasteiger charge is -2.13. The van der Waals surface area contributed by atoms with Gasteiger partial charge in [-0.1, -0.05) is 26.2 Å². The highest BCUT2D eigenvalue weighted by atomic mass is 16.6. The monoisotopic (exact) mass is 203 g/mol. The summed E-state index contributed by atoms with van der Waals surface area (Å²) in [7, 11) is 0. The molecule has 0 aliphatic carbocycles. The van der Waals surface area contributed by atoms with E-state index in [9.17, 15) is 4.79 Å². The summed E-state index contributed by atoms with van der Waals surface area (Å²) in [5.74, 6) is 0. The summed E-state index contributed by atoms with van der Waals surface area (Å²) < 4.78 is 4.67. The van der Waals surface area contributed by atoms with Crippen LogP contribution in [0.5, 0.6) is 0 Å². The Morgan fingerprint density at radius 2 is 2.21 bits per heavy atom. The second-order valence-corrected chi connectivity index (χ2v) is 3.40. The highest BCUT2D eigenvalue weighted by molar-refractivity contribution is 5.67. The molecule has 0 heterocycles. The molecule has 4 nitrogen and oxygen atoms in total. The molecular weight excluding hydrogens is 182 g/mol. The van der Waals surface area contributed by atoms with Crippen molar-refractivity contribution in [3.8, 4) is 0 Å². The van der Waals surface area contributed by atoms with Gasteiger partial charge in [-0.25, -0.2) is 4.79 Å². The lowest BCUT2D eigenvalue weighted by molar-refractivity contribution is 0.116. The summed E-state index contributed by atoms with van der Waals surface area (Å²) in [5, 5.41) is 11.1. The second kappa shape index (κ2) is 8.81. The minimum atomic E-state index is -0.442. The van der Waals surface area contributed by atoms with Crippen LogP contribution in [-0.2, 0) is 4.74 Å². The fraction of sp³-hybridized carbons (Fsp3) is 0.900. The van der Waals surface area contributed by atoms with E-state index in [1.54, 1.807) is 0 Å². The molecule has 1 unspecified atom stereocenters. The highest BCUT2D eigenvalue weighted by Crippen LogP contribution is 2.02. The van der Waals surface area contributed by atoms with Crippen molar-refractivity contribution >= 4 is 6.09 Å². The van der Waals surface area contributed by atoms with Crippen LogP contribution in [0.25, 0.3) is 0 Å². The normalized spacial score (nSPS) is 12.2. The topological polar surface area (TPSA) is 58.6 Å². The van der Waals surface area contributed by atoms with Gasteiger partial charge in [0.25, 0.3) is 0 Å². The van der Waals surface area contributed by atoms with Crippen molar-refractivity contribution in [2.45, 2.75) is 45.6 Å². The van der Waals surface area contributed by atoms with Gasteiger partial charge in [-0.3, -0.25) is 0 Å². The molecule has 4 heteroatoms. The molecule has 1 atom stereocenters. The molecular formula is C10H21NO3. The van der Waals surface area contributed by atoms with Crippen LogP contribution < -0.4 is 5.32 Å². The average molecular weight is 203 g/mol. The number of ether oxygens (including phenoxy) is 1. The summed E-state index contributed by atoms with van der Waals surface area (Å²) in [6.07, 6.45) is 4.03.